The molecule has 1 aliphatic carbocycles. The third-order valence-electron chi connectivity index (χ3n) is 5.07. The van der Waals surface area contributed by atoms with Gasteiger partial charge in [0.1, 0.15) is 6.63 Å². The van der Waals surface area contributed by atoms with Gasteiger partial charge in [0, 0.05) is 6.61 Å². The van der Waals surface area contributed by atoms with Gasteiger partial charge in [0.05, 0.1) is 21.1 Å². The lowest BCUT2D eigenvalue weighted by molar-refractivity contribution is -0.0939. The van der Waals surface area contributed by atoms with Crippen molar-refractivity contribution >= 4 is 22.1 Å². The molecule has 0 aromatic rings. The average Bonchev–Trinajstić information content (AvgIpc) is 2.78. The molecule has 2 nitrogen and oxygen atoms in total. The summed E-state index contributed by atoms with van der Waals surface area (Å²) >= 11 is 0. The van der Waals surface area contributed by atoms with Gasteiger partial charge in [-0.1, -0.05) is 19.8 Å². The Bertz CT molecular complexity index is 257. The lowest BCUT2D eigenvalue weighted by atomic mass is 9.26. The summed E-state index contributed by atoms with van der Waals surface area (Å²) in [5.41, 5.74) is 0.303. The molecular formula is C13H28B3NO. The van der Waals surface area contributed by atoms with Gasteiger partial charge in [-0.2, -0.15) is 0 Å². The van der Waals surface area contributed by atoms with E-state index in [-0.39, 0.29) is 0 Å². The highest BCUT2D eigenvalue weighted by atomic mass is 16.5. The standard InChI is InChI=1S/C13H28B3NO/c1-2-17(16(14)15)9-5-12-6-10-18-13(11-12)7-3-4-8-13/h12H,2-11,14-15H2,1H3. The van der Waals surface area contributed by atoms with E-state index in [1.165, 1.54) is 58.0 Å². The van der Waals surface area contributed by atoms with Gasteiger partial charge < -0.3 is 9.55 Å². The molecule has 1 aliphatic heterocycles. The summed E-state index contributed by atoms with van der Waals surface area (Å²) in [7, 11) is 4.62. The third kappa shape index (κ3) is 3.57. The van der Waals surface area contributed by atoms with Crippen molar-refractivity contribution in [2.75, 3.05) is 19.7 Å². The zero-order chi connectivity index (χ0) is 13.0. The van der Waals surface area contributed by atoms with E-state index in [9.17, 15) is 0 Å². The quantitative estimate of drug-likeness (QED) is 0.662. The summed E-state index contributed by atoms with van der Waals surface area (Å²) in [5, 5.41) is 0. The molecule has 0 amide bonds. The van der Waals surface area contributed by atoms with Crippen LogP contribution in [0.4, 0.5) is 0 Å². The van der Waals surface area contributed by atoms with Crippen molar-refractivity contribution in [1.29, 1.82) is 0 Å². The molecule has 0 bridgehead atoms. The van der Waals surface area contributed by atoms with Gasteiger partial charge in [-0.15, -0.1) is 0 Å². The Morgan fingerprint density at radius 1 is 1.33 bits per heavy atom. The van der Waals surface area contributed by atoms with Crippen LogP contribution in [0.15, 0.2) is 0 Å². The Kier molecular flexibility index (Phi) is 5.26. The van der Waals surface area contributed by atoms with E-state index >= 15 is 0 Å². The fraction of sp³-hybridized carbons (Fsp3) is 1.00. The predicted molar refractivity (Wildman–Crippen MR) is 84.6 cm³/mol. The first kappa shape index (κ1) is 14.5. The minimum absolute atomic E-state index is 0.303. The molecule has 1 heterocycles. The van der Waals surface area contributed by atoms with E-state index < -0.39 is 0 Å². The second kappa shape index (κ2) is 6.52. The van der Waals surface area contributed by atoms with Crippen LogP contribution < -0.4 is 0 Å². The molecule has 0 aromatic heterocycles. The Morgan fingerprint density at radius 2 is 2.06 bits per heavy atom. The van der Waals surface area contributed by atoms with Crippen LogP contribution in [0.25, 0.3) is 0 Å². The van der Waals surface area contributed by atoms with Crippen molar-refractivity contribution in [2.45, 2.75) is 57.5 Å². The molecular weight excluding hydrogens is 219 g/mol. The molecule has 18 heavy (non-hydrogen) atoms. The van der Waals surface area contributed by atoms with Crippen LogP contribution in [-0.4, -0.2) is 52.2 Å². The Morgan fingerprint density at radius 3 is 2.67 bits per heavy atom. The minimum Gasteiger partial charge on any atom is -0.375 e. The van der Waals surface area contributed by atoms with E-state index in [0.29, 0.717) is 12.2 Å². The average molecular weight is 247 g/mol. The summed E-state index contributed by atoms with van der Waals surface area (Å²) in [4.78, 5) is 2.59. The molecule has 2 rings (SSSR count). The summed E-state index contributed by atoms with van der Waals surface area (Å²) in [5.74, 6) is 0.907. The number of hydrogen-bond donors (Lipinski definition) is 0. The van der Waals surface area contributed by atoms with Crippen LogP contribution in [0.5, 0.6) is 0 Å². The van der Waals surface area contributed by atoms with Gasteiger partial charge in [-0.25, -0.2) is 0 Å². The number of nitrogens with zero attached hydrogens (tertiary/aromatic N) is 1. The fourth-order valence-electron chi connectivity index (χ4n) is 3.87. The molecule has 100 valence electrons. The fourth-order valence-corrected chi connectivity index (χ4v) is 3.87. The van der Waals surface area contributed by atoms with E-state index in [1.807, 2.05) is 0 Å². The van der Waals surface area contributed by atoms with Crippen molar-refractivity contribution in [1.82, 2.24) is 4.81 Å². The van der Waals surface area contributed by atoms with Crippen LogP contribution in [0, 0.1) is 5.92 Å². The highest BCUT2D eigenvalue weighted by Crippen LogP contribution is 2.42. The van der Waals surface area contributed by atoms with Gasteiger partial charge in [-0.05, 0) is 51.1 Å². The van der Waals surface area contributed by atoms with Crippen molar-refractivity contribution < 1.29 is 4.74 Å². The smallest absolute Gasteiger partial charge is 0.139 e. The first-order valence-electron chi connectivity index (χ1n) is 8.03. The van der Waals surface area contributed by atoms with E-state index in [2.05, 4.69) is 27.2 Å². The SMILES string of the molecule is BB(B)N(CC)CCC1CCOC2(CCCC2)C1. The maximum Gasteiger partial charge on any atom is 0.139 e. The molecule has 0 radical (unpaired) electrons. The molecule has 0 aromatic carbocycles. The minimum atomic E-state index is 0.303. The molecule has 5 heteroatoms. The van der Waals surface area contributed by atoms with Crippen LogP contribution in [-0.2, 0) is 4.74 Å². The molecule has 2 fully saturated rings. The van der Waals surface area contributed by atoms with Crippen molar-refractivity contribution in [3.8, 4) is 0 Å². The van der Waals surface area contributed by atoms with Gasteiger partial charge in [0.15, 0.2) is 0 Å². The molecule has 1 saturated heterocycles. The van der Waals surface area contributed by atoms with Crippen molar-refractivity contribution in [3.05, 3.63) is 0 Å². The molecule has 0 N–H and O–H groups in total. The molecule has 1 saturated carbocycles. The van der Waals surface area contributed by atoms with Gasteiger partial charge in [0.25, 0.3) is 0 Å². The lowest BCUT2D eigenvalue weighted by Crippen LogP contribution is -2.43. The van der Waals surface area contributed by atoms with Crippen LogP contribution in [0.2, 0.25) is 0 Å². The van der Waals surface area contributed by atoms with E-state index in [0.717, 1.165) is 12.5 Å². The van der Waals surface area contributed by atoms with Crippen LogP contribution >= 0.6 is 0 Å². The monoisotopic (exact) mass is 247 g/mol. The second-order valence-electron chi connectivity index (χ2n) is 6.61. The molecule has 1 spiro atoms. The first-order chi connectivity index (χ1) is 8.65. The number of rotatable bonds is 5. The highest BCUT2D eigenvalue weighted by molar-refractivity contribution is 7.27. The zero-order valence-electron chi connectivity index (χ0n) is 12.6. The number of hydrogen-bond acceptors (Lipinski definition) is 2. The topological polar surface area (TPSA) is 12.5 Å². The Balaban J connectivity index is 1.79. The summed E-state index contributed by atoms with van der Waals surface area (Å²) in [6.45, 7) is 6.44. The Hall–Kier alpha value is 0.115. The van der Waals surface area contributed by atoms with E-state index in [4.69, 9.17) is 4.74 Å². The Labute approximate surface area is 115 Å². The summed E-state index contributed by atoms with van der Waals surface area (Å²) < 4.78 is 6.12. The third-order valence-corrected chi connectivity index (χ3v) is 5.07. The van der Waals surface area contributed by atoms with Gasteiger partial charge in [0.2, 0.25) is 0 Å². The van der Waals surface area contributed by atoms with Gasteiger partial charge in [-0.3, -0.25) is 0 Å². The van der Waals surface area contributed by atoms with Crippen LogP contribution in [0.3, 0.4) is 0 Å². The predicted octanol–water partition coefficient (Wildman–Crippen LogP) is 0.689. The molecule has 2 aliphatic rings. The maximum atomic E-state index is 6.12. The normalized spacial score (nSPS) is 26.9. The van der Waals surface area contributed by atoms with Crippen molar-refractivity contribution in [2.24, 2.45) is 5.92 Å². The maximum absolute atomic E-state index is 6.12. The largest absolute Gasteiger partial charge is 0.375 e. The molecule has 1 unspecified atom stereocenters. The number of ether oxygens (including phenoxy) is 1. The highest BCUT2D eigenvalue weighted by Gasteiger charge is 2.39. The first-order valence-corrected chi connectivity index (χ1v) is 8.03. The lowest BCUT2D eigenvalue weighted by Gasteiger charge is -2.39. The van der Waals surface area contributed by atoms with Crippen molar-refractivity contribution in [3.63, 3.8) is 0 Å². The molecule has 1 atom stereocenters. The summed E-state index contributed by atoms with van der Waals surface area (Å²) in [6.07, 6.45) is 9.42. The van der Waals surface area contributed by atoms with E-state index in [1.54, 1.807) is 0 Å². The second-order valence-corrected chi connectivity index (χ2v) is 6.61. The van der Waals surface area contributed by atoms with Crippen LogP contribution in [0.1, 0.15) is 51.9 Å². The summed E-state index contributed by atoms with van der Waals surface area (Å²) in [6, 6.07) is 0. The van der Waals surface area contributed by atoms with Gasteiger partial charge >= 0.3 is 0 Å². The zero-order valence-corrected chi connectivity index (χ0v) is 12.6.